The molecule has 0 heterocycles. The maximum Gasteiger partial charge on any atom is 0.322 e. The molecular formula is C12H25N3O2. The zero-order valence-electron chi connectivity index (χ0n) is 11.1. The minimum absolute atomic E-state index is 0.424. The van der Waals surface area contributed by atoms with Crippen LogP contribution in [0.25, 0.3) is 0 Å². The minimum Gasteiger partial charge on any atom is -0.480 e. The predicted molar refractivity (Wildman–Crippen MR) is 68.2 cm³/mol. The van der Waals surface area contributed by atoms with E-state index in [-0.39, 0.29) is 0 Å². The molecule has 0 aromatic heterocycles. The third-order valence-corrected chi connectivity index (χ3v) is 2.95. The van der Waals surface area contributed by atoms with Gasteiger partial charge in [-0.05, 0) is 53.5 Å². The Morgan fingerprint density at radius 3 is 2.47 bits per heavy atom. The van der Waals surface area contributed by atoms with Crippen molar-refractivity contribution < 1.29 is 9.90 Å². The summed E-state index contributed by atoms with van der Waals surface area (Å²) in [6, 6.07) is 0.0122. The van der Waals surface area contributed by atoms with Crippen LogP contribution < -0.4 is 5.32 Å². The van der Waals surface area contributed by atoms with E-state index in [4.69, 9.17) is 5.11 Å². The number of rotatable bonds is 9. The standard InChI is InChI=1S/C12H25N3O2/c1-14(2)7-4-8-15(3)9-11(12(16)17)13-10-5-6-10/h10-11,13H,4-9H2,1-3H3,(H,16,17). The van der Waals surface area contributed by atoms with Crippen LogP contribution in [0.4, 0.5) is 0 Å². The van der Waals surface area contributed by atoms with Gasteiger partial charge in [0.2, 0.25) is 0 Å². The number of carboxylic acids is 1. The van der Waals surface area contributed by atoms with E-state index < -0.39 is 12.0 Å². The highest BCUT2D eigenvalue weighted by Crippen LogP contribution is 2.19. The molecule has 0 radical (unpaired) electrons. The largest absolute Gasteiger partial charge is 0.480 e. The summed E-state index contributed by atoms with van der Waals surface area (Å²) in [6.07, 6.45) is 3.31. The lowest BCUT2D eigenvalue weighted by Gasteiger charge is -2.22. The van der Waals surface area contributed by atoms with Crippen molar-refractivity contribution >= 4 is 5.97 Å². The molecule has 0 spiro atoms. The molecule has 1 fully saturated rings. The number of carboxylic acid groups (broad SMARTS) is 1. The van der Waals surface area contributed by atoms with E-state index in [1.54, 1.807) is 0 Å². The molecule has 100 valence electrons. The smallest absolute Gasteiger partial charge is 0.322 e. The Hall–Kier alpha value is -0.650. The molecule has 0 saturated heterocycles. The number of aliphatic carboxylic acids is 1. The van der Waals surface area contributed by atoms with Crippen LogP contribution in [0.15, 0.2) is 0 Å². The number of likely N-dealkylation sites (N-methyl/N-ethyl adjacent to an activating group) is 1. The monoisotopic (exact) mass is 243 g/mol. The number of nitrogens with one attached hydrogen (secondary N) is 1. The second-order valence-corrected chi connectivity index (χ2v) is 5.25. The molecule has 0 aromatic rings. The summed E-state index contributed by atoms with van der Waals surface area (Å²) >= 11 is 0. The van der Waals surface area contributed by atoms with Crippen molar-refractivity contribution in [2.24, 2.45) is 0 Å². The Labute approximate surface area is 104 Å². The van der Waals surface area contributed by atoms with Crippen molar-refractivity contribution in [3.63, 3.8) is 0 Å². The molecule has 2 N–H and O–H groups in total. The van der Waals surface area contributed by atoms with E-state index in [1.807, 2.05) is 7.05 Å². The van der Waals surface area contributed by atoms with Crippen LogP contribution in [0.1, 0.15) is 19.3 Å². The fraction of sp³-hybridized carbons (Fsp3) is 0.917. The van der Waals surface area contributed by atoms with Crippen LogP contribution in [0.3, 0.4) is 0 Å². The zero-order chi connectivity index (χ0) is 12.8. The van der Waals surface area contributed by atoms with Crippen molar-refractivity contribution in [3.8, 4) is 0 Å². The average molecular weight is 243 g/mol. The molecule has 1 aliphatic rings. The first-order valence-electron chi connectivity index (χ1n) is 6.31. The summed E-state index contributed by atoms with van der Waals surface area (Å²) in [5, 5.41) is 12.3. The van der Waals surface area contributed by atoms with Gasteiger partial charge in [0.15, 0.2) is 0 Å². The van der Waals surface area contributed by atoms with Crippen molar-refractivity contribution in [2.75, 3.05) is 40.8 Å². The van der Waals surface area contributed by atoms with Crippen LogP contribution in [-0.4, -0.2) is 73.7 Å². The van der Waals surface area contributed by atoms with Crippen molar-refractivity contribution in [1.82, 2.24) is 15.1 Å². The van der Waals surface area contributed by atoms with Gasteiger partial charge in [-0.3, -0.25) is 4.79 Å². The summed E-state index contributed by atoms with van der Waals surface area (Å²) in [7, 11) is 6.09. The van der Waals surface area contributed by atoms with Gasteiger partial charge in [-0.2, -0.15) is 0 Å². The van der Waals surface area contributed by atoms with Crippen molar-refractivity contribution in [2.45, 2.75) is 31.3 Å². The molecule has 0 bridgehead atoms. The van der Waals surface area contributed by atoms with Crippen LogP contribution in [0, 0.1) is 0 Å². The van der Waals surface area contributed by atoms with E-state index in [0.29, 0.717) is 12.6 Å². The highest BCUT2D eigenvalue weighted by molar-refractivity contribution is 5.73. The van der Waals surface area contributed by atoms with Crippen molar-refractivity contribution in [1.29, 1.82) is 0 Å². The molecule has 1 rings (SSSR count). The third kappa shape index (κ3) is 6.61. The number of hydrogen-bond acceptors (Lipinski definition) is 4. The van der Waals surface area contributed by atoms with Gasteiger partial charge in [-0.15, -0.1) is 0 Å². The molecule has 0 amide bonds. The van der Waals surface area contributed by atoms with Crippen LogP contribution in [0.2, 0.25) is 0 Å². The van der Waals surface area contributed by atoms with E-state index >= 15 is 0 Å². The zero-order valence-corrected chi connectivity index (χ0v) is 11.1. The first kappa shape index (κ1) is 14.4. The molecule has 1 aliphatic carbocycles. The van der Waals surface area contributed by atoms with Gasteiger partial charge in [0.05, 0.1) is 0 Å². The Bertz CT molecular complexity index is 242. The van der Waals surface area contributed by atoms with Gasteiger partial charge >= 0.3 is 5.97 Å². The lowest BCUT2D eigenvalue weighted by atomic mass is 10.2. The molecule has 1 saturated carbocycles. The maximum absolute atomic E-state index is 11.1. The predicted octanol–water partition coefficient (Wildman–Crippen LogP) is 0.0751. The highest BCUT2D eigenvalue weighted by Gasteiger charge is 2.28. The maximum atomic E-state index is 11.1. The fourth-order valence-corrected chi connectivity index (χ4v) is 1.80. The normalized spacial score (nSPS) is 17.7. The topological polar surface area (TPSA) is 55.8 Å². The van der Waals surface area contributed by atoms with Crippen LogP contribution in [0.5, 0.6) is 0 Å². The lowest BCUT2D eigenvalue weighted by molar-refractivity contribution is -0.140. The van der Waals surface area contributed by atoms with Gasteiger partial charge < -0.3 is 20.2 Å². The van der Waals surface area contributed by atoms with Gasteiger partial charge in [0, 0.05) is 12.6 Å². The molecule has 1 atom stereocenters. The Morgan fingerprint density at radius 1 is 1.35 bits per heavy atom. The van der Waals surface area contributed by atoms with E-state index in [1.165, 1.54) is 0 Å². The molecule has 17 heavy (non-hydrogen) atoms. The molecule has 0 aromatic carbocycles. The number of hydrogen-bond donors (Lipinski definition) is 2. The summed E-state index contributed by atoms with van der Waals surface area (Å²) < 4.78 is 0. The van der Waals surface area contributed by atoms with Gasteiger partial charge in [0.1, 0.15) is 6.04 Å². The number of carbonyl (C=O) groups is 1. The van der Waals surface area contributed by atoms with Gasteiger partial charge in [-0.25, -0.2) is 0 Å². The van der Waals surface area contributed by atoms with E-state index in [9.17, 15) is 4.79 Å². The highest BCUT2D eigenvalue weighted by atomic mass is 16.4. The average Bonchev–Trinajstić information content (AvgIpc) is 2.99. The summed E-state index contributed by atoms with van der Waals surface area (Å²) in [5.41, 5.74) is 0. The Balaban J connectivity index is 2.20. The van der Waals surface area contributed by atoms with Crippen molar-refractivity contribution in [3.05, 3.63) is 0 Å². The summed E-state index contributed by atoms with van der Waals surface area (Å²) in [5.74, 6) is -0.739. The quantitative estimate of drug-likeness (QED) is 0.600. The van der Waals surface area contributed by atoms with Crippen LogP contribution in [-0.2, 0) is 4.79 Å². The Kier molecular flexibility index (Phi) is 5.88. The SMILES string of the molecule is CN(C)CCCN(C)CC(NC1CC1)C(=O)O. The minimum atomic E-state index is -0.739. The number of nitrogens with zero attached hydrogens (tertiary/aromatic N) is 2. The Morgan fingerprint density at radius 2 is 2.00 bits per heavy atom. The van der Waals surface area contributed by atoms with Gasteiger partial charge in [-0.1, -0.05) is 0 Å². The molecule has 1 unspecified atom stereocenters. The first-order valence-corrected chi connectivity index (χ1v) is 6.31. The molecule has 5 heteroatoms. The second-order valence-electron chi connectivity index (χ2n) is 5.25. The van der Waals surface area contributed by atoms with Gasteiger partial charge in [0.25, 0.3) is 0 Å². The molecular weight excluding hydrogens is 218 g/mol. The van der Waals surface area contributed by atoms with E-state index in [0.717, 1.165) is 32.4 Å². The molecule has 5 nitrogen and oxygen atoms in total. The fourth-order valence-electron chi connectivity index (χ4n) is 1.80. The second kappa shape index (κ2) is 6.93. The first-order chi connectivity index (χ1) is 7.99. The molecule has 0 aliphatic heterocycles. The summed E-state index contributed by atoms with van der Waals surface area (Å²) in [6.45, 7) is 2.56. The van der Waals surface area contributed by atoms with Crippen LogP contribution >= 0.6 is 0 Å². The third-order valence-electron chi connectivity index (χ3n) is 2.95. The summed E-state index contributed by atoms with van der Waals surface area (Å²) in [4.78, 5) is 15.3. The lowest BCUT2D eigenvalue weighted by Crippen LogP contribution is -2.46. The van der Waals surface area contributed by atoms with E-state index in [2.05, 4.69) is 29.2 Å².